The van der Waals surface area contributed by atoms with E-state index in [1.165, 1.54) is 32.8 Å². The third-order valence-corrected chi connectivity index (χ3v) is 3.27. The van der Waals surface area contributed by atoms with Gasteiger partial charge in [0.1, 0.15) is 6.10 Å². The van der Waals surface area contributed by atoms with Gasteiger partial charge in [0.2, 0.25) is 0 Å². The van der Waals surface area contributed by atoms with E-state index in [2.05, 4.69) is 12.2 Å². The Morgan fingerprint density at radius 2 is 2.13 bits per heavy atom. The molecule has 0 aliphatic heterocycles. The Morgan fingerprint density at radius 1 is 1.53 bits per heavy atom. The molecule has 1 saturated carbocycles. The quantitative estimate of drug-likeness (QED) is 0.706. The van der Waals surface area contributed by atoms with Crippen LogP contribution in [0.3, 0.4) is 0 Å². The van der Waals surface area contributed by atoms with Crippen LogP contribution < -0.4 is 11.1 Å². The summed E-state index contributed by atoms with van der Waals surface area (Å²) in [6.07, 6.45) is 4.52. The van der Waals surface area contributed by atoms with Gasteiger partial charge in [0.15, 0.2) is 0 Å². The largest absolute Gasteiger partial charge is 0.370 e. The molecular weight excluding hydrogens is 192 g/mol. The van der Waals surface area contributed by atoms with Gasteiger partial charge in [-0.25, -0.2) is 0 Å². The van der Waals surface area contributed by atoms with Gasteiger partial charge in [0.05, 0.1) is 0 Å². The Bertz CT molecular complexity index is 199. The molecule has 1 fully saturated rings. The van der Waals surface area contributed by atoms with Crippen LogP contribution >= 0.6 is 0 Å². The molecule has 2 atom stereocenters. The van der Waals surface area contributed by atoms with Gasteiger partial charge in [-0.3, -0.25) is 4.79 Å². The maximum atomic E-state index is 11.7. The third-order valence-electron chi connectivity index (χ3n) is 3.27. The summed E-state index contributed by atoms with van der Waals surface area (Å²) in [7, 11) is 1.51. The summed E-state index contributed by atoms with van der Waals surface area (Å²) in [5.74, 6) is 0.545. The summed E-state index contributed by atoms with van der Waals surface area (Å²) in [4.78, 5) is 11.7. The normalized spacial score (nSPS) is 21.3. The second kappa shape index (κ2) is 6.08. The average molecular weight is 214 g/mol. The standard InChI is InChI=1S/C11H22N2O2/c1-8(9-5-3-4-6-9)13-11(14)10(7-12)15-2/h8-10H,3-7,12H2,1-2H3,(H,13,14)/t8-,10?/m1/s1. The minimum atomic E-state index is -0.506. The first-order valence-corrected chi connectivity index (χ1v) is 5.72. The minimum Gasteiger partial charge on any atom is -0.370 e. The molecule has 88 valence electrons. The number of hydrogen-bond donors (Lipinski definition) is 2. The molecule has 0 heterocycles. The van der Waals surface area contributed by atoms with E-state index >= 15 is 0 Å². The molecule has 4 heteroatoms. The van der Waals surface area contributed by atoms with E-state index in [0.29, 0.717) is 5.92 Å². The molecule has 1 rings (SSSR count). The second-order valence-corrected chi connectivity index (χ2v) is 4.30. The van der Waals surface area contributed by atoms with Gasteiger partial charge in [-0.2, -0.15) is 0 Å². The van der Waals surface area contributed by atoms with Crippen LogP contribution in [0.4, 0.5) is 0 Å². The summed E-state index contributed by atoms with van der Waals surface area (Å²) in [6.45, 7) is 2.30. The molecule has 0 radical (unpaired) electrons. The Labute approximate surface area is 91.5 Å². The smallest absolute Gasteiger partial charge is 0.250 e. The van der Waals surface area contributed by atoms with Crippen molar-refractivity contribution in [1.82, 2.24) is 5.32 Å². The van der Waals surface area contributed by atoms with Crippen molar-refractivity contribution in [3.05, 3.63) is 0 Å². The summed E-state index contributed by atoms with van der Waals surface area (Å²) in [5, 5.41) is 2.98. The number of carbonyl (C=O) groups is 1. The van der Waals surface area contributed by atoms with Crippen LogP contribution in [0.5, 0.6) is 0 Å². The Hall–Kier alpha value is -0.610. The lowest BCUT2D eigenvalue weighted by molar-refractivity contribution is -0.131. The van der Waals surface area contributed by atoms with Crippen molar-refractivity contribution in [3.8, 4) is 0 Å². The fourth-order valence-corrected chi connectivity index (χ4v) is 2.20. The predicted octanol–water partition coefficient (Wildman–Crippen LogP) is 0.655. The number of carbonyl (C=O) groups excluding carboxylic acids is 1. The minimum absolute atomic E-state index is 0.0839. The zero-order valence-electron chi connectivity index (χ0n) is 9.66. The fraction of sp³-hybridized carbons (Fsp3) is 0.909. The SMILES string of the molecule is COC(CN)C(=O)N[C@H](C)C1CCCC1. The molecule has 0 aromatic rings. The first-order valence-electron chi connectivity index (χ1n) is 5.72. The van der Waals surface area contributed by atoms with Crippen LogP contribution in [0.2, 0.25) is 0 Å². The van der Waals surface area contributed by atoms with Crippen LogP contribution in [0.25, 0.3) is 0 Å². The first-order chi connectivity index (χ1) is 7.19. The van der Waals surface area contributed by atoms with E-state index in [4.69, 9.17) is 10.5 Å². The zero-order chi connectivity index (χ0) is 11.3. The topological polar surface area (TPSA) is 64.3 Å². The zero-order valence-corrected chi connectivity index (χ0v) is 9.66. The van der Waals surface area contributed by atoms with Gasteiger partial charge in [0, 0.05) is 19.7 Å². The number of ether oxygens (including phenoxy) is 1. The summed E-state index contributed by atoms with van der Waals surface area (Å²) in [6, 6.07) is 0.240. The Balaban J connectivity index is 2.35. The highest BCUT2D eigenvalue weighted by Gasteiger charge is 2.25. The maximum Gasteiger partial charge on any atom is 0.250 e. The molecule has 1 unspecified atom stereocenters. The third kappa shape index (κ3) is 3.47. The van der Waals surface area contributed by atoms with E-state index < -0.39 is 6.10 Å². The van der Waals surface area contributed by atoms with Crippen LogP contribution in [0.1, 0.15) is 32.6 Å². The molecule has 3 N–H and O–H groups in total. The van der Waals surface area contributed by atoms with E-state index in [1.54, 1.807) is 0 Å². The molecule has 4 nitrogen and oxygen atoms in total. The average Bonchev–Trinajstić information content (AvgIpc) is 2.72. The number of methoxy groups -OCH3 is 1. The molecule has 1 amide bonds. The molecule has 0 aromatic heterocycles. The lowest BCUT2D eigenvalue weighted by Crippen LogP contribution is -2.46. The number of nitrogens with one attached hydrogen (secondary N) is 1. The van der Waals surface area contributed by atoms with Crippen LogP contribution in [-0.4, -0.2) is 31.7 Å². The van der Waals surface area contributed by atoms with Crippen molar-refractivity contribution in [2.24, 2.45) is 11.7 Å². The van der Waals surface area contributed by atoms with Crippen LogP contribution in [0, 0.1) is 5.92 Å². The van der Waals surface area contributed by atoms with Gasteiger partial charge >= 0.3 is 0 Å². The highest BCUT2D eigenvalue weighted by molar-refractivity contribution is 5.81. The van der Waals surface area contributed by atoms with E-state index in [9.17, 15) is 4.79 Å². The molecular formula is C11H22N2O2. The molecule has 0 bridgehead atoms. The van der Waals surface area contributed by atoms with Gasteiger partial charge in [-0.05, 0) is 25.7 Å². The van der Waals surface area contributed by atoms with Crippen molar-refractivity contribution in [2.75, 3.05) is 13.7 Å². The summed E-state index contributed by atoms with van der Waals surface area (Å²) < 4.78 is 4.99. The van der Waals surface area contributed by atoms with Gasteiger partial charge in [-0.15, -0.1) is 0 Å². The van der Waals surface area contributed by atoms with E-state index in [0.717, 1.165) is 0 Å². The number of amides is 1. The Kier molecular flexibility index (Phi) is 5.05. The van der Waals surface area contributed by atoms with Crippen molar-refractivity contribution >= 4 is 5.91 Å². The van der Waals surface area contributed by atoms with Crippen molar-refractivity contribution in [2.45, 2.75) is 44.8 Å². The fourth-order valence-electron chi connectivity index (χ4n) is 2.20. The number of hydrogen-bond acceptors (Lipinski definition) is 3. The van der Waals surface area contributed by atoms with Gasteiger partial charge < -0.3 is 15.8 Å². The van der Waals surface area contributed by atoms with Gasteiger partial charge in [-0.1, -0.05) is 12.8 Å². The van der Waals surface area contributed by atoms with Crippen LogP contribution in [-0.2, 0) is 9.53 Å². The summed E-state index contributed by atoms with van der Waals surface area (Å²) >= 11 is 0. The van der Waals surface area contributed by atoms with Crippen molar-refractivity contribution in [1.29, 1.82) is 0 Å². The first kappa shape index (κ1) is 12.5. The molecule has 0 aromatic carbocycles. The highest BCUT2D eigenvalue weighted by atomic mass is 16.5. The molecule has 1 aliphatic carbocycles. The van der Waals surface area contributed by atoms with Crippen LogP contribution in [0.15, 0.2) is 0 Å². The highest BCUT2D eigenvalue weighted by Crippen LogP contribution is 2.27. The molecule has 0 saturated heterocycles. The van der Waals surface area contributed by atoms with Crippen molar-refractivity contribution < 1.29 is 9.53 Å². The molecule has 15 heavy (non-hydrogen) atoms. The predicted molar refractivity (Wildman–Crippen MR) is 59.4 cm³/mol. The monoisotopic (exact) mass is 214 g/mol. The number of rotatable bonds is 5. The van der Waals surface area contributed by atoms with Gasteiger partial charge in [0.25, 0.3) is 5.91 Å². The lowest BCUT2D eigenvalue weighted by atomic mass is 9.99. The van der Waals surface area contributed by atoms with E-state index in [1.807, 2.05) is 0 Å². The maximum absolute atomic E-state index is 11.7. The lowest BCUT2D eigenvalue weighted by Gasteiger charge is -2.22. The number of nitrogens with two attached hydrogens (primary N) is 1. The second-order valence-electron chi connectivity index (χ2n) is 4.30. The Morgan fingerprint density at radius 3 is 2.60 bits per heavy atom. The molecule has 0 spiro atoms. The van der Waals surface area contributed by atoms with E-state index in [-0.39, 0.29) is 18.5 Å². The summed E-state index contributed by atoms with van der Waals surface area (Å²) in [5.41, 5.74) is 5.43. The molecule has 1 aliphatic rings. The van der Waals surface area contributed by atoms with Crippen molar-refractivity contribution in [3.63, 3.8) is 0 Å².